The molecule has 3 unspecified atom stereocenters. The van der Waals surface area contributed by atoms with Crippen molar-refractivity contribution in [1.82, 2.24) is 0 Å². The second-order valence-electron chi connectivity index (χ2n) is 10.0. The molecule has 0 spiro atoms. The van der Waals surface area contributed by atoms with Crippen LogP contribution in [-0.4, -0.2) is 24.7 Å². The third kappa shape index (κ3) is 5.30. The van der Waals surface area contributed by atoms with Crippen molar-refractivity contribution in [2.24, 2.45) is 11.8 Å². The van der Waals surface area contributed by atoms with E-state index in [1.165, 1.54) is 31.8 Å². The molecule has 2 aliphatic heterocycles. The van der Waals surface area contributed by atoms with E-state index in [0.717, 1.165) is 35.8 Å². The maximum atomic E-state index is 2.60. The minimum Gasteiger partial charge on any atom is -0.104 e. The maximum Gasteiger partial charge on any atom is 0.146 e. The predicted molar refractivity (Wildman–Crippen MR) is 123 cm³/mol. The van der Waals surface area contributed by atoms with Crippen LogP contribution in [-0.2, 0) is 0 Å². The van der Waals surface area contributed by atoms with Crippen LogP contribution in [0.3, 0.4) is 0 Å². The smallest absolute Gasteiger partial charge is 0.104 e. The largest absolute Gasteiger partial charge is 0.146 e. The van der Waals surface area contributed by atoms with Gasteiger partial charge in [-0.2, -0.15) is 0 Å². The molecule has 2 heteroatoms. The molecule has 0 aromatic carbocycles. The van der Waals surface area contributed by atoms with Crippen LogP contribution in [0.2, 0.25) is 18.0 Å². The van der Waals surface area contributed by atoms with Crippen molar-refractivity contribution in [3.8, 4) is 0 Å². The summed E-state index contributed by atoms with van der Waals surface area (Å²) >= 11 is 0. The van der Waals surface area contributed by atoms with Crippen LogP contribution in [0.4, 0.5) is 0 Å². The quantitative estimate of drug-likeness (QED) is 0.215. The van der Waals surface area contributed by atoms with Gasteiger partial charge in [-0.1, -0.05) is 109 Å². The zero-order valence-electron chi connectivity index (χ0n) is 18.2. The molecule has 3 fully saturated rings. The molecule has 0 radical (unpaired) electrons. The highest BCUT2D eigenvalue weighted by atomic mass is 31.1. The van der Waals surface area contributed by atoms with Crippen molar-refractivity contribution in [3.05, 3.63) is 0 Å². The van der Waals surface area contributed by atoms with Gasteiger partial charge in [-0.15, -0.1) is 7.92 Å². The Morgan fingerprint density at radius 3 is 2.08 bits per heavy atom. The SMILES string of the molecule is CCC1CCCC(P(CC)CCCCCB2C3CCCC2CCC3)[C@H]1C. The highest BCUT2D eigenvalue weighted by Crippen LogP contribution is 2.52. The molecule has 2 bridgehead atoms. The molecule has 0 aromatic rings. The summed E-state index contributed by atoms with van der Waals surface area (Å²) in [7, 11) is 0.311. The topological polar surface area (TPSA) is 0 Å². The third-order valence-corrected chi connectivity index (χ3v) is 12.2. The lowest BCUT2D eigenvalue weighted by molar-refractivity contribution is 0.255. The molecule has 0 nitrogen and oxygen atoms in total. The third-order valence-electron chi connectivity index (χ3n) is 8.82. The molecule has 4 atom stereocenters. The van der Waals surface area contributed by atoms with E-state index in [-0.39, 0.29) is 0 Å². The summed E-state index contributed by atoms with van der Waals surface area (Å²) in [6.07, 6.45) is 24.7. The Balaban J connectivity index is 1.37. The predicted octanol–water partition coefficient (Wildman–Crippen LogP) is 8.48. The Hall–Kier alpha value is 0.495. The highest BCUT2D eigenvalue weighted by Gasteiger charge is 2.38. The van der Waals surface area contributed by atoms with Gasteiger partial charge < -0.3 is 0 Å². The number of hydrogen-bond acceptors (Lipinski definition) is 0. The minimum absolute atomic E-state index is 0.311. The second-order valence-corrected chi connectivity index (χ2v) is 13.0. The average Bonchev–Trinajstić information content (AvgIpc) is 2.65. The van der Waals surface area contributed by atoms with E-state index < -0.39 is 0 Å². The van der Waals surface area contributed by atoms with E-state index in [4.69, 9.17) is 0 Å². The summed E-state index contributed by atoms with van der Waals surface area (Å²) < 4.78 is 0. The molecular formula is C24H46BP. The monoisotopic (exact) mass is 376 g/mol. The first-order valence-corrected chi connectivity index (χ1v) is 14.3. The van der Waals surface area contributed by atoms with E-state index in [9.17, 15) is 0 Å². The maximum absolute atomic E-state index is 2.60. The van der Waals surface area contributed by atoms with Crippen molar-refractivity contribution < 1.29 is 0 Å². The molecular weight excluding hydrogens is 330 g/mol. The van der Waals surface area contributed by atoms with E-state index in [2.05, 4.69) is 20.8 Å². The van der Waals surface area contributed by atoms with Gasteiger partial charge in [0.15, 0.2) is 0 Å². The lowest BCUT2D eigenvalue weighted by Gasteiger charge is -2.41. The second kappa shape index (κ2) is 10.9. The first-order valence-electron chi connectivity index (χ1n) is 12.5. The lowest BCUT2D eigenvalue weighted by Crippen LogP contribution is -2.34. The lowest BCUT2D eigenvalue weighted by atomic mass is 9.26. The number of unbranched alkanes of at least 4 members (excludes halogenated alkanes) is 2. The van der Waals surface area contributed by atoms with Gasteiger partial charge in [-0.3, -0.25) is 0 Å². The number of rotatable bonds is 9. The van der Waals surface area contributed by atoms with Gasteiger partial charge in [-0.05, 0) is 42.7 Å². The van der Waals surface area contributed by atoms with Crippen molar-refractivity contribution in [2.75, 3.05) is 12.3 Å². The first kappa shape index (κ1) is 21.2. The van der Waals surface area contributed by atoms with Crippen LogP contribution in [0.5, 0.6) is 0 Å². The fourth-order valence-electron chi connectivity index (χ4n) is 7.24. The van der Waals surface area contributed by atoms with Crippen molar-refractivity contribution in [1.29, 1.82) is 0 Å². The van der Waals surface area contributed by atoms with E-state index in [1.54, 1.807) is 70.3 Å². The molecule has 1 saturated carbocycles. The Labute approximate surface area is 166 Å². The van der Waals surface area contributed by atoms with Crippen LogP contribution in [0, 0.1) is 11.8 Å². The Kier molecular flexibility index (Phi) is 8.88. The van der Waals surface area contributed by atoms with Crippen LogP contribution in [0.15, 0.2) is 0 Å². The highest BCUT2D eigenvalue weighted by molar-refractivity contribution is 7.58. The summed E-state index contributed by atoms with van der Waals surface area (Å²) in [5, 5.41) is 0. The van der Waals surface area contributed by atoms with Crippen molar-refractivity contribution >= 4 is 14.6 Å². The van der Waals surface area contributed by atoms with Gasteiger partial charge in [0.1, 0.15) is 6.71 Å². The molecule has 0 N–H and O–H groups in total. The summed E-state index contributed by atoms with van der Waals surface area (Å²) in [5.41, 5.74) is 1.10. The molecule has 0 aromatic heterocycles. The Morgan fingerprint density at radius 2 is 1.46 bits per heavy atom. The van der Waals surface area contributed by atoms with Gasteiger partial charge >= 0.3 is 0 Å². The fourth-order valence-corrected chi connectivity index (χ4v) is 10.4. The number of hydrogen-bond donors (Lipinski definition) is 0. The van der Waals surface area contributed by atoms with E-state index in [1.807, 2.05) is 0 Å². The fraction of sp³-hybridized carbons (Fsp3) is 1.00. The zero-order valence-corrected chi connectivity index (χ0v) is 19.1. The van der Waals surface area contributed by atoms with Crippen molar-refractivity contribution in [3.63, 3.8) is 0 Å². The molecule has 1 aliphatic carbocycles. The minimum atomic E-state index is 0.311. The Morgan fingerprint density at radius 1 is 0.808 bits per heavy atom. The summed E-state index contributed by atoms with van der Waals surface area (Å²) in [6.45, 7) is 8.66. The van der Waals surface area contributed by atoms with Crippen molar-refractivity contribution in [2.45, 2.75) is 128 Å². The standard InChI is InChI=1S/C24H46BP/c1-4-21-12-9-17-24(20(21)3)26(5-2)19-8-6-7-18-25-22-13-10-14-23(25)16-11-15-22/h20-24H,4-19H2,1-3H3/t20-,21?,22?,23?,24?,26?/m0/s1. The van der Waals surface area contributed by atoms with Gasteiger partial charge in [0, 0.05) is 0 Å². The van der Waals surface area contributed by atoms with Gasteiger partial charge in [0.2, 0.25) is 0 Å². The molecule has 2 heterocycles. The van der Waals surface area contributed by atoms with Crippen LogP contribution in [0.1, 0.15) is 104 Å². The molecule has 150 valence electrons. The van der Waals surface area contributed by atoms with Crippen LogP contribution < -0.4 is 0 Å². The molecule has 0 amide bonds. The Bertz CT molecular complexity index is 376. The van der Waals surface area contributed by atoms with Crippen LogP contribution >= 0.6 is 7.92 Å². The zero-order chi connectivity index (χ0) is 18.4. The molecule has 3 aliphatic rings. The van der Waals surface area contributed by atoms with Gasteiger partial charge in [0.25, 0.3) is 0 Å². The summed E-state index contributed by atoms with van der Waals surface area (Å²) in [4.78, 5) is 0. The van der Waals surface area contributed by atoms with Gasteiger partial charge in [0.05, 0.1) is 0 Å². The van der Waals surface area contributed by atoms with E-state index in [0.29, 0.717) is 7.92 Å². The van der Waals surface area contributed by atoms with Crippen LogP contribution in [0.25, 0.3) is 0 Å². The summed E-state index contributed by atoms with van der Waals surface area (Å²) in [5.74, 6) is 4.31. The summed E-state index contributed by atoms with van der Waals surface area (Å²) in [6, 6.07) is 0. The number of fused-ring (bicyclic) bond motifs is 2. The van der Waals surface area contributed by atoms with Gasteiger partial charge in [-0.25, -0.2) is 0 Å². The molecule has 26 heavy (non-hydrogen) atoms. The molecule has 3 rings (SSSR count). The first-order chi connectivity index (χ1) is 12.7. The normalized spacial score (nSPS) is 36.1. The average molecular weight is 376 g/mol. The molecule has 2 saturated heterocycles. The van der Waals surface area contributed by atoms with E-state index >= 15 is 0 Å².